The van der Waals surface area contributed by atoms with Gasteiger partial charge in [0.1, 0.15) is 11.8 Å². The van der Waals surface area contributed by atoms with Gasteiger partial charge in [-0.1, -0.05) is 42.5 Å². The zero-order valence-electron chi connectivity index (χ0n) is 20.1. The van der Waals surface area contributed by atoms with E-state index in [2.05, 4.69) is 29.6 Å². The summed E-state index contributed by atoms with van der Waals surface area (Å²) < 4.78 is 5.80. The Morgan fingerprint density at radius 2 is 1.71 bits per heavy atom. The summed E-state index contributed by atoms with van der Waals surface area (Å²) in [7, 11) is 0. The molecule has 1 unspecified atom stereocenters. The number of ether oxygens (including phenoxy) is 1. The van der Waals surface area contributed by atoms with E-state index in [0.717, 1.165) is 31.4 Å². The van der Waals surface area contributed by atoms with Crippen LogP contribution in [0.4, 0.5) is 0 Å². The number of carbonyl (C=O) groups excluding carboxylic acids is 2. The van der Waals surface area contributed by atoms with Crippen molar-refractivity contribution in [2.75, 3.05) is 19.7 Å². The number of hydrogen-bond acceptors (Lipinski definition) is 4. The number of nitrogens with one attached hydrogen (secondary N) is 1. The molecule has 1 aliphatic heterocycles. The topological polar surface area (TPSA) is 84.7 Å². The number of hydrogen-bond donors (Lipinski definition) is 2. The molecule has 0 saturated carbocycles. The SMILES string of the molecule is CC(C)(N)C(=O)NC(CCOc1ccccc1)C(=O)N1CCC2(CCc3ccccc32)CC1.Cl. The maximum Gasteiger partial charge on any atom is 0.245 e. The number of likely N-dealkylation sites (tertiary alicyclic amines) is 1. The van der Waals surface area contributed by atoms with E-state index in [-0.39, 0.29) is 29.6 Å². The first kappa shape index (κ1) is 26.0. The van der Waals surface area contributed by atoms with Gasteiger partial charge < -0.3 is 20.7 Å². The molecule has 1 aliphatic carbocycles. The van der Waals surface area contributed by atoms with E-state index in [0.29, 0.717) is 26.1 Å². The predicted molar refractivity (Wildman–Crippen MR) is 136 cm³/mol. The van der Waals surface area contributed by atoms with Crippen molar-refractivity contribution in [3.63, 3.8) is 0 Å². The molecule has 1 saturated heterocycles. The summed E-state index contributed by atoms with van der Waals surface area (Å²) in [4.78, 5) is 28.0. The normalized spacial score (nSPS) is 17.4. The Kier molecular flexibility index (Phi) is 8.26. The van der Waals surface area contributed by atoms with Gasteiger partial charge in [-0.25, -0.2) is 0 Å². The van der Waals surface area contributed by atoms with Crippen molar-refractivity contribution in [1.82, 2.24) is 10.2 Å². The molecule has 0 bridgehead atoms. The largest absolute Gasteiger partial charge is 0.494 e. The quantitative estimate of drug-likeness (QED) is 0.627. The van der Waals surface area contributed by atoms with Crippen LogP contribution in [0.5, 0.6) is 5.75 Å². The summed E-state index contributed by atoms with van der Waals surface area (Å²) >= 11 is 0. The molecule has 0 radical (unpaired) electrons. The zero-order chi connectivity index (χ0) is 23.5. The van der Waals surface area contributed by atoms with Gasteiger partial charge in [-0.05, 0) is 68.2 Å². The fourth-order valence-electron chi connectivity index (χ4n) is 5.07. The minimum Gasteiger partial charge on any atom is -0.494 e. The van der Waals surface area contributed by atoms with E-state index in [4.69, 9.17) is 10.5 Å². The van der Waals surface area contributed by atoms with Crippen molar-refractivity contribution in [3.05, 3.63) is 65.7 Å². The van der Waals surface area contributed by atoms with Crippen molar-refractivity contribution in [1.29, 1.82) is 0 Å². The van der Waals surface area contributed by atoms with Gasteiger partial charge in [0, 0.05) is 19.5 Å². The van der Waals surface area contributed by atoms with E-state index in [1.807, 2.05) is 35.2 Å². The third kappa shape index (κ3) is 5.73. The number of amides is 2. The number of aryl methyl sites for hydroxylation is 1. The number of nitrogens with zero attached hydrogens (tertiary/aromatic N) is 1. The van der Waals surface area contributed by atoms with Crippen LogP contribution in [0.2, 0.25) is 0 Å². The lowest BCUT2D eigenvalue weighted by atomic mass is 9.74. The highest BCUT2D eigenvalue weighted by atomic mass is 35.5. The van der Waals surface area contributed by atoms with E-state index in [1.54, 1.807) is 13.8 Å². The highest BCUT2D eigenvalue weighted by Crippen LogP contribution is 2.46. The number of rotatable bonds is 7. The Morgan fingerprint density at radius 1 is 1.06 bits per heavy atom. The molecule has 2 aromatic rings. The standard InChI is InChI=1S/C27H35N3O3.ClH/c1-26(2,28)25(32)29-23(13-19-33-21-9-4-3-5-10-21)24(31)30-17-15-27(16-18-30)14-12-20-8-6-7-11-22(20)27;/h3-11,23H,12-19,28H2,1-2H3,(H,29,32);1H. The van der Waals surface area contributed by atoms with Gasteiger partial charge in [-0.3, -0.25) is 9.59 Å². The lowest BCUT2D eigenvalue weighted by Gasteiger charge is -2.41. The molecule has 34 heavy (non-hydrogen) atoms. The van der Waals surface area contributed by atoms with Crippen LogP contribution >= 0.6 is 12.4 Å². The van der Waals surface area contributed by atoms with Crippen LogP contribution in [0.15, 0.2) is 54.6 Å². The molecule has 1 spiro atoms. The molecule has 4 rings (SSSR count). The average molecular weight is 486 g/mol. The summed E-state index contributed by atoms with van der Waals surface area (Å²) in [5.41, 5.74) is 8.02. The molecule has 2 amide bonds. The zero-order valence-corrected chi connectivity index (χ0v) is 20.9. The highest BCUT2D eigenvalue weighted by Gasteiger charge is 2.42. The van der Waals surface area contributed by atoms with Crippen molar-refractivity contribution in [2.24, 2.45) is 5.73 Å². The third-order valence-electron chi connectivity index (χ3n) is 7.10. The van der Waals surface area contributed by atoms with Crippen LogP contribution in [-0.4, -0.2) is 48.0 Å². The van der Waals surface area contributed by atoms with Gasteiger partial charge in [0.05, 0.1) is 12.1 Å². The first-order chi connectivity index (χ1) is 15.8. The Balaban J connectivity index is 0.00000324. The maximum atomic E-state index is 13.5. The minimum absolute atomic E-state index is 0. The maximum absolute atomic E-state index is 13.5. The van der Waals surface area contributed by atoms with Crippen LogP contribution in [0.1, 0.15) is 50.7 Å². The molecule has 1 atom stereocenters. The Labute approximate surface area is 208 Å². The van der Waals surface area contributed by atoms with Gasteiger partial charge in [0.25, 0.3) is 0 Å². The molecule has 0 aromatic heterocycles. The number of para-hydroxylation sites is 1. The monoisotopic (exact) mass is 485 g/mol. The molecule has 2 aliphatic rings. The van der Waals surface area contributed by atoms with Crippen LogP contribution in [-0.2, 0) is 21.4 Å². The molecular weight excluding hydrogens is 450 g/mol. The molecule has 1 fully saturated rings. The Morgan fingerprint density at radius 3 is 2.38 bits per heavy atom. The van der Waals surface area contributed by atoms with Gasteiger partial charge in [0.15, 0.2) is 0 Å². The Hall–Kier alpha value is -2.57. The number of carbonyl (C=O) groups is 2. The fourth-order valence-corrected chi connectivity index (χ4v) is 5.07. The summed E-state index contributed by atoms with van der Waals surface area (Å²) in [6.45, 7) is 5.02. The third-order valence-corrected chi connectivity index (χ3v) is 7.10. The Bertz CT molecular complexity index is 982. The molecule has 2 aromatic carbocycles. The summed E-state index contributed by atoms with van der Waals surface area (Å²) in [5.74, 6) is 0.359. The molecule has 7 heteroatoms. The van der Waals surface area contributed by atoms with Gasteiger partial charge in [0.2, 0.25) is 11.8 Å². The summed E-state index contributed by atoms with van der Waals surface area (Å²) in [6.07, 6.45) is 4.57. The first-order valence-electron chi connectivity index (χ1n) is 11.9. The van der Waals surface area contributed by atoms with Gasteiger partial charge >= 0.3 is 0 Å². The van der Waals surface area contributed by atoms with Crippen LogP contribution < -0.4 is 15.8 Å². The average Bonchev–Trinajstić information content (AvgIpc) is 3.16. The van der Waals surface area contributed by atoms with Crippen LogP contribution in [0.3, 0.4) is 0 Å². The van der Waals surface area contributed by atoms with Crippen molar-refractivity contribution >= 4 is 24.2 Å². The number of piperidine rings is 1. The van der Waals surface area contributed by atoms with E-state index < -0.39 is 11.6 Å². The number of fused-ring (bicyclic) bond motifs is 2. The number of halogens is 1. The van der Waals surface area contributed by atoms with Crippen molar-refractivity contribution in [3.8, 4) is 5.75 Å². The second-order valence-electron chi connectivity index (χ2n) is 9.96. The number of benzene rings is 2. The fraction of sp³-hybridized carbons (Fsp3) is 0.481. The van der Waals surface area contributed by atoms with Gasteiger partial charge in [-0.2, -0.15) is 0 Å². The van der Waals surface area contributed by atoms with E-state index in [1.165, 1.54) is 11.1 Å². The lowest BCUT2D eigenvalue weighted by Crippen LogP contribution is -2.58. The van der Waals surface area contributed by atoms with Crippen molar-refractivity contribution < 1.29 is 14.3 Å². The lowest BCUT2D eigenvalue weighted by molar-refractivity contribution is -0.139. The van der Waals surface area contributed by atoms with E-state index >= 15 is 0 Å². The molecule has 1 heterocycles. The van der Waals surface area contributed by atoms with E-state index in [9.17, 15) is 9.59 Å². The highest BCUT2D eigenvalue weighted by molar-refractivity contribution is 5.91. The summed E-state index contributed by atoms with van der Waals surface area (Å²) in [6, 6.07) is 17.5. The van der Waals surface area contributed by atoms with Gasteiger partial charge in [-0.15, -0.1) is 12.4 Å². The number of nitrogens with two attached hydrogens (primary N) is 1. The second-order valence-corrected chi connectivity index (χ2v) is 9.96. The van der Waals surface area contributed by atoms with Crippen molar-refractivity contribution in [2.45, 2.75) is 62.9 Å². The molecule has 3 N–H and O–H groups in total. The second kappa shape index (κ2) is 10.8. The predicted octanol–water partition coefficient (Wildman–Crippen LogP) is 3.61. The van der Waals surface area contributed by atoms with Crippen LogP contribution in [0.25, 0.3) is 0 Å². The minimum atomic E-state index is -1.06. The molecule has 6 nitrogen and oxygen atoms in total. The smallest absolute Gasteiger partial charge is 0.245 e. The van der Waals surface area contributed by atoms with Crippen LogP contribution in [0, 0.1) is 0 Å². The summed E-state index contributed by atoms with van der Waals surface area (Å²) in [5, 5.41) is 2.88. The molecular formula is C27H36ClN3O3. The molecule has 184 valence electrons. The first-order valence-corrected chi connectivity index (χ1v) is 11.9.